The molecular formula is C26H20N6O3. The van der Waals surface area contributed by atoms with Crippen LogP contribution in [-0.2, 0) is 0 Å². The van der Waals surface area contributed by atoms with Crippen LogP contribution in [0.4, 0.5) is 11.6 Å². The van der Waals surface area contributed by atoms with Crippen molar-refractivity contribution in [2.24, 2.45) is 0 Å². The van der Waals surface area contributed by atoms with E-state index in [1.807, 2.05) is 42.5 Å². The van der Waals surface area contributed by atoms with Gasteiger partial charge in [0.1, 0.15) is 11.3 Å². The summed E-state index contributed by atoms with van der Waals surface area (Å²) in [6.45, 7) is 0. The van der Waals surface area contributed by atoms with E-state index in [0.717, 1.165) is 11.1 Å². The van der Waals surface area contributed by atoms with Crippen LogP contribution in [-0.4, -0.2) is 33.1 Å². The van der Waals surface area contributed by atoms with Crippen molar-refractivity contribution in [2.45, 2.75) is 0 Å². The Balaban J connectivity index is 1.31. The van der Waals surface area contributed by atoms with Gasteiger partial charge in [-0.1, -0.05) is 35.5 Å². The first kappa shape index (κ1) is 21.8. The third kappa shape index (κ3) is 4.83. The molecule has 0 atom stereocenters. The van der Waals surface area contributed by atoms with Gasteiger partial charge in [0, 0.05) is 30.7 Å². The molecule has 0 unspecified atom stereocenters. The van der Waals surface area contributed by atoms with Crippen LogP contribution in [0.15, 0.2) is 95.9 Å². The van der Waals surface area contributed by atoms with Gasteiger partial charge < -0.3 is 19.9 Å². The first-order valence-corrected chi connectivity index (χ1v) is 10.8. The van der Waals surface area contributed by atoms with Gasteiger partial charge in [-0.05, 0) is 42.5 Å². The average Bonchev–Trinajstić information content (AvgIpc) is 3.41. The molecule has 0 radical (unpaired) electrons. The van der Waals surface area contributed by atoms with Crippen molar-refractivity contribution in [3.63, 3.8) is 0 Å². The molecule has 1 amide bonds. The first-order chi connectivity index (χ1) is 17.2. The maximum atomic E-state index is 12.8. The molecule has 3 aromatic heterocycles. The lowest BCUT2D eigenvalue weighted by atomic mass is 10.1. The minimum Gasteiger partial charge on any atom is -0.438 e. The molecule has 35 heavy (non-hydrogen) atoms. The summed E-state index contributed by atoms with van der Waals surface area (Å²) in [6.07, 6.45) is 4.72. The van der Waals surface area contributed by atoms with Crippen LogP contribution in [0.3, 0.4) is 0 Å². The highest BCUT2D eigenvalue weighted by Gasteiger charge is 2.18. The average molecular weight is 464 g/mol. The Bertz CT molecular complexity index is 1450. The largest absolute Gasteiger partial charge is 0.438 e. The number of amides is 1. The van der Waals surface area contributed by atoms with Gasteiger partial charge in [-0.2, -0.15) is 0 Å². The SMILES string of the molecule is CNc1nccc(-c2cccnc2Oc2ccc(NC(=O)c3cnoc3-c3ccccc3)cc2)n1. The van der Waals surface area contributed by atoms with Gasteiger partial charge in [0.2, 0.25) is 11.8 Å². The van der Waals surface area contributed by atoms with Crippen LogP contribution >= 0.6 is 0 Å². The smallest absolute Gasteiger partial charge is 0.261 e. The molecule has 5 rings (SSSR count). The highest BCUT2D eigenvalue weighted by Crippen LogP contribution is 2.31. The molecule has 0 aliphatic carbocycles. The number of hydrogen-bond donors (Lipinski definition) is 2. The van der Waals surface area contributed by atoms with Crippen molar-refractivity contribution < 1.29 is 14.1 Å². The van der Waals surface area contributed by atoms with E-state index in [1.165, 1.54) is 6.20 Å². The van der Waals surface area contributed by atoms with Gasteiger partial charge in [0.05, 0.1) is 17.5 Å². The molecule has 0 fully saturated rings. The number of pyridine rings is 1. The zero-order valence-corrected chi connectivity index (χ0v) is 18.7. The van der Waals surface area contributed by atoms with E-state index < -0.39 is 0 Å². The number of anilines is 2. The molecule has 172 valence electrons. The van der Waals surface area contributed by atoms with Crippen molar-refractivity contribution in [3.05, 3.63) is 97.0 Å². The summed E-state index contributed by atoms with van der Waals surface area (Å²) in [5.41, 5.74) is 3.12. The van der Waals surface area contributed by atoms with Crippen LogP contribution in [0.25, 0.3) is 22.6 Å². The van der Waals surface area contributed by atoms with Crippen molar-refractivity contribution in [3.8, 4) is 34.2 Å². The predicted molar refractivity (Wildman–Crippen MR) is 131 cm³/mol. The number of ether oxygens (including phenoxy) is 1. The summed E-state index contributed by atoms with van der Waals surface area (Å²) in [6, 6.07) is 21.8. The lowest BCUT2D eigenvalue weighted by Gasteiger charge is -2.11. The molecule has 0 saturated heterocycles. The van der Waals surface area contributed by atoms with Gasteiger partial charge in [-0.25, -0.2) is 15.0 Å². The predicted octanol–water partition coefficient (Wildman–Crippen LogP) is 5.28. The number of rotatable bonds is 7. The minimum atomic E-state index is -0.324. The second kappa shape index (κ2) is 9.84. The van der Waals surface area contributed by atoms with Gasteiger partial charge in [-0.3, -0.25) is 4.79 Å². The fraction of sp³-hybridized carbons (Fsp3) is 0.0385. The summed E-state index contributed by atoms with van der Waals surface area (Å²) >= 11 is 0. The summed E-state index contributed by atoms with van der Waals surface area (Å²) in [7, 11) is 1.76. The molecule has 0 aliphatic heterocycles. The van der Waals surface area contributed by atoms with Crippen LogP contribution in [0.1, 0.15) is 10.4 Å². The Morgan fingerprint density at radius 1 is 0.914 bits per heavy atom. The molecule has 0 saturated carbocycles. The van der Waals surface area contributed by atoms with Crippen LogP contribution in [0.5, 0.6) is 11.6 Å². The zero-order chi connectivity index (χ0) is 24.0. The van der Waals surface area contributed by atoms with Crippen LogP contribution in [0.2, 0.25) is 0 Å². The Morgan fingerprint density at radius 2 is 1.74 bits per heavy atom. The topological polar surface area (TPSA) is 115 Å². The van der Waals surface area contributed by atoms with E-state index in [2.05, 4.69) is 30.7 Å². The monoisotopic (exact) mass is 464 g/mol. The van der Waals surface area contributed by atoms with Crippen molar-refractivity contribution >= 4 is 17.5 Å². The molecule has 0 spiro atoms. The van der Waals surface area contributed by atoms with Crippen molar-refractivity contribution in [1.82, 2.24) is 20.1 Å². The Labute approximate surface area is 200 Å². The molecular weight excluding hydrogens is 444 g/mol. The molecule has 2 N–H and O–H groups in total. The Hall–Kier alpha value is -5.05. The molecule has 9 nitrogen and oxygen atoms in total. The van der Waals surface area contributed by atoms with Gasteiger partial charge >= 0.3 is 0 Å². The number of aromatic nitrogens is 4. The second-order valence-corrected chi connectivity index (χ2v) is 7.39. The zero-order valence-electron chi connectivity index (χ0n) is 18.7. The van der Waals surface area contributed by atoms with Crippen LogP contribution < -0.4 is 15.4 Å². The van der Waals surface area contributed by atoms with Gasteiger partial charge in [0.15, 0.2) is 5.76 Å². The maximum Gasteiger partial charge on any atom is 0.261 e. The number of hydrogen-bond acceptors (Lipinski definition) is 8. The highest BCUT2D eigenvalue weighted by molar-refractivity contribution is 6.07. The molecule has 2 aromatic carbocycles. The first-order valence-electron chi connectivity index (χ1n) is 10.8. The standard InChI is InChI=1S/C26H20N6O3/c1-27-26-29-15-13-22(32-26)20-8-5-14-28-25(20)34-19-11-9-18(10-12-19)31-24(33)21-16-30-35-23(21)17-6-3-2-4-7-17/h2-16H,1H3,(H,31,33)(H,27,29,32). The van der Waals surface area contributed by atoms with Crippen molar-refractivity contribution in [1.29, 1.82) is 0 Å². The normalized spacial score (nSPS) is 10.5. The molecule has 5 aromatic rings. The number of carbonyl (C=O) groups is 1. The van der Waals surface area contributed by atoms with E-state index in [9.17, 15) is 4.79 Å². The van der Waals surface area contributed by atoms with E-state index >= 15 is 0 Å². The summed E-state index contributed by atoms with van der Waals surface area (Å²) in [5.74, 6) is 1.55. The fourth-order valence-electron chi connectivity index (χ4n) is 3.41. The third-order valence-electron chi connectivity index (χ3n) is 5.10. The lowest BCUT2D eigenvalue weighted by Crippen LogP contribution is -2.11. The van der Waals surface area contributed by atoms with E-state index in [4.69, 9.17) is 9.26 Å². The number of nitrogens with one attached hydrogen (secondary N) is 2. The molecule has 3 heterocycles. The van der Waals surface area contributed by atoms with E-state index in [-0.39, 0.29) is 5.91 Å². The third-order valence-corrected chi connectivity index (χ3v) is 5.10. The summed E-state index contributed by atoms with van der Waals surface area (Å²) < 4.78 is 11.3. The van der Waals surface area contributed by atoms with E-state index in [0.29, 0.717) is 40.3 Å². The molecule has 9 heteroatoms. The van der Waals surface area contributed by atoms with Crippen molar-refractivity contribution in [2.75, 3.05) is 17.7 Å². The summed E-state index contributed by atoms with van der Waals surface area (Å²) in [4.78, 5) is 25.8. The number of nitrogens with zero attached hydrogens (tertiary/aromatic N) is 4. The van der Waals surface area contributed by atoms with E-state index in [1.54, 1.807) is 49.8 Å². The summed E-state index contributed by atoms with van der Waals surface area (Å²) in [5, 5.41) is 9.57. The fourth-order valence-corrected chi connectivity index (χ4v) is 3.41. The highest BCUT2D eigenvalue weighted by atomic mass is 16.5. The molecule has 0 aliphatic rings. The number of carbonyl (C=O) groups excluding carboxylic acids is 1. The van der Waals surface area contributed by atoms with Crippen LogP contribution in [0, 0.1) is 0 Å². The lowest BCUT2D eigenvalue weighted by molar-refractivity contribution is 0.102. The maximum absolute atomic E-state index is 12.8. The number of benzene rings is 2. The second-order valence-electron chi connectivity index (χ2n) is 7.39. The Kier molecular flexibility index (Phi) is 6.12. The Morgan fingerprint density at radius 3 is 2.54 bits per heavy atom. The van der Waals surface area contributed by atoms with Gasteiger partial charge in [0.25, 0.3) is 5.91 Å². The molecule has 0 bridgehead atoms. The minimum absolute atomic E-state index is 0.324. The van der Waals surface area contributed by atoms with Gasteiger partial charge in [-0.15, -0.1) is 0 Å². The quantitative estimate of drug-likeness (QED) is 0.334.